The number of piperidine rings is 1. The lowest BCUT2D eigenvalue weighted by atomic mass is 10.1. The van der Waals surface area contributed by atoms with Crippen molar-refractivity contribution in [3.63, 3.8) is 0 Å². The molecule has 0 spiro atoms. The van der Waals surface area contributed by atoms with Crippen LogP contribution < -0.4 is 21.1 Å². The van der Waals surface area contributed by atoms with E-state index in [2.05, 4.69) is 25.7 Å². The molecule has 10 heteroatoms. The molecule has 31 heavy (non-hydrogen) atoms. The van der Waals surface area contributed by atoms with E-state index >= 15 is 4.39 Å². The number of rotatable bonds is 6. The van der Waals surface area contributed by atoms with Gasteiger partial charge in [-0.3, -0.25) is 4.79 Å². The smallest absolute Gasteiger partial charge is 0.252 e. The highest BCUT2D eigenvalue weighted by atomic mass is 19.1. The number of aromatic nitrogens is 4. The van der Waals surface area contributed by atoms with Crippen LogP contribution in [0.1, 0.15) is 47.7 Å². The van der Waals surface area contributed by atoms with E-state index in [9.17, 15) is 4.79 Å². The molecule has 0 bridgehead atoms. The quantitative estimate of drug-likeness (QED) is 0.553. The van der Waals surface area contributed by atoms with Crippen LogP contribution in [0.3, 0.4) is 0 Å². The van der Waals surface area contributed by atoms with Crippen molar-refractivity contribution in [3.8, 4) is 17.1 Å². The van der Waals surface area contributed by atoms with Gasteiger partial charge in [-0.2, -0.15) is 5.10 Å². The third kappa shape index (κ3) is 3.67. The van der Waals surface area contributed by atoms with Crippen LogP contribution in [0, 0.1) is 5.82 Å². The van der Waals surface area contributed by atoms with Crippen molar-refractivity contribution >= 4 is 17.4 Å². The van der Waals surface area contributed by atoms with Gasteiger partial charge in [-0.25, -0.2) is 18.9 Å². The molecule has 1 saturated carbocycles. The van der Waals surface area contributed by atoms with E-state index in [4.69, 9.17) is 10.5 Å². The summed E-state index contributed by atoms with van der Waals surface area (Å²) >= 11 is 0. The molecular weight excluding hydrogens is 401 g/mol. The summed E-state index contributed by atoms with van der Waals surface area (Å²) < 4.78 is 22.1. The molecule has 5 rings (SSSR count). The molecule has 1 aliphatic carbocycles. The number of methoxy groups -OCH3 is 1. The number of nitrogens with zero attached hydrogens (tertiary/aromatic N) is 4. The van der Waals surface area contributed by atoms with Crippen LogP contribution >= 0.6 is 0 Å². The lowest BCUT2D eigenvalue weighted by Crippen LogP contribution is -2.39. The Balaban J connectivity index is 1.60. The van der Waals surface area contributed by atoms with Gasteiger partial charge in [0.05, 0.1) is 18.9 Å². The summed E-state index contributed by atoms with van der Waals surface area (Å²) in [5, 5.41) is 11.2. The van der Waals surface area contributed by atoms with Crippen molar-refractivity contribution in [2.24, 2.45) is 5.73 Å². The Morgan fingerprint density at radius 1 is 1.35 bits per heavy atom. The Labute approximate surface area is 178 Å². The zero-order chi connectivity index (χ0) is 21.5. The Bertz CT molecular complexity index is 1150. The van der Waals surface area contributed by atoms with Crippen molar-refractivity contribution in [2.45, 2.75) is 37.6 Å². The molecule has 1 atom stereocenters. The first-order valence-corrected chi connectivity index (χ1v) is 10.5. The number of carbonyl (C=O) groups excluding carboxylic acids is 1. The van der Waals surface area contributed by atoms with Crippen LogP contribution in [0.2, 0.25) is 0 Å². The topological polar surface area (TPSA) is 119 Å². The summed E-state index contributed by atoms with van der Waals surface area (Å²) in [6, 6.07) is 3.00. The molecule has 1 saturated heterocycles. The number of anilines is 1. The van der Waals surface area contributed by atoms with E-state index in [0.717, 1.165) is 50.5 Å². The molecule has 1 aliphatic heterocycles. The fourth-order valence-electron chi connectivity index (χ4n) is 4.01. The number of amides is 1. The van der Waals surface area contributed by atoms with Gasteiger partial charge in [0.25, 0.3) is 5.91 Å². The molecule has 4 N–H and O–H groups in total. The number of halogens is 1. The minimum absolute atomic E-state index is 0.0222. The maximum Gasteiger partial charge on any atom is 0.252 e. The van der Waals surface area contributed by atoms with E-state index in [-0.39, 0.29) is 23.1 Å². The predicted molar refractivity (Wildman–Crippen MR) is 113 cm³/mol. The minimum atomic E-state index is -0.735. The monoisotopic (exact) mass is 425 g/mol. The molecule has 162 valence electrons. The maximum atomic E-state index is 15.1. The zero-order valence-corrected chi connectivity index (χ0v) is 17.2. The number of primary amides is 1. The second-order valence-corrected chi connectivity index (χ2v) is 8.05. The molecule has 3 aromatic heterocycles. The first-order valence-electron chi connectivity index (χ1n) is 10.5. The van der Waals surface area contributed by atoms with E-state index in [1.165, 1.54) is 6.20 Å². The number of ether oxygens (including phenoxy) is 1. The minimum Gasteiger partial charge on any atom is -0.495 e. The van der Waals surface area contributed by atoms with Crippen molar-refractivity contribution in [1.82, 2.24) is 24.9 Å². The van der Waals surface area contributed by atoms with E-state index in [0.29, 0.717) is 23.0 Å². The van der Waals surface area contributed by atoms with Gasteiger partial charge in [0.1, 0.15) is 28.6 Å². The molecule has 9 nitrogen and oxygen atoms in total. The number of nitrogens with one attached hydrogen (secondary N) is 2. The molecule has 0 unspecified atom stereocenters. The second kappa shape index (κ2) is 7.77. The number of hydrogen-bond donors (Lipinski definition) is 3. The van der Waals surface area contributed by atoms with Crippen LogP contribution in [0.15, 0.2) is 18.3 Å². The number of nitrogens with two attached hydrogens (primary N) is 1. The molecular formula is C21H24FN7O2. The van der Waals surface area contributed by atoms with Crippen LogP contribution in [-0.4, -0.2) is 51.7 Å². The summed E-state index contributed by atoms with van der Waals surface area (Å²) in [6.45, 7) is 1.68. The lowest BCUT2D eigenvalue weighted by molar-refractivity contribution is 0.100. The highest BCUT2D eigenvalue weighted by molar-refractivity contribution is 5.98. The maximum absolute atomic E-state index is 15.1. The van der Waals surface area contributed by atoms with Gasteiger partial charge in [-0.15, -0.1) is 0 Å². The summed E-state index contributed by atoms with van der Waals surface area (Å²) in [5.41, 5.74) is 7.34. The van der Waals surface area contributed by atoms with Gasteiger partial charge in [-0.05, 0) is 38.3 Å². The molecule has 0 aromatic carbocycles. The third-order valence-corrected chi connectivity index (χ3v) is 5.79. The molecule has 3 aromatic rings. The SMILES string of the molecule is COc1cc2ncc(-c3nc(N[C@@H]4CCCNC4)c(C(N)=O)cc3F)n2nc1C1CC1. The van der Waals surface area contributed by atoms with Gasteiger partial charge >= 0.3 is 0 Å². The summed E-state index contributed by atoms with van der Waals surface area (Å²) in [5.74, 6) is -0.115. The normalized spacial score (nSPS) is 18.8. The van der Waals surface area contributed by atoms with Gasteiger partial charge in [0.15, 0.2) is 11.5 Å². The Hall–Kier alpha value is -3.27. The van der Waals surface area contributed by atoms with Crippen LogP contribution in [0.25, 0.3) is 17.0 Å². The number of hydrogen-bond acceptors (Lipinski definition) is 7. The Morgan fingerprint density at radius 2 is 2.19 bits per heavy atom. The predicted octanol–water partition coefficient (Wildman–Crippen LogP) is 2.08. The zero-order valence-electron chi connectivity index (χ0n) is 17.2. The highest BCUT2D eigenvalue weighted by Crippen LogP contribution is 2.43. The third-order valence-electron chi connectivity index (χ3n) is 5.79. The molecule has 4 heterocycles. The van der Waals surface area contributed by atoms with Crippen molar-refractivity contribution < 1.29 is 13.9 Å². The average molecular weight is 425 g/mol. The highest BCUT2D eigenvalue weighted by Gasteiger charge is 2.30. The first kappa shape index (κ1) is 19.7. The van der Waals surface area contributed by atoms with Gasteiger partial charge in [0, 0.05) is 24.6 Å². The van der Waals surface area contributed by atoms with Crippen LogP contribution in [0.4, 0.5) is 10.2 Å². The Morgan fingerprint density at radius 3 is 2.87 bits per heavy atom. The van der Waals surface area contributed by atoms with Crippen molar-refractivity contribution in [1.29, 1.82) is 0 Å². The van der Waals surface area contributed by atoms with E-state index in [1.807, 2.05) is 0 Å². The largest absolute Gasteiger partial charge is 0.495 e. The van der Waals surface area contributed by atoms with Gasteiger partial charge in [0.2, 0.25) is 0 Å². The number of carbonyl (C=O) groups is 1. The first-order chi connectivity index (χ1) is 15.0. The lowest BCUT2D eigenvalue weighted by Gasteiger charge is -2.25. The number of imidazole rings is 1. The van der Waals surface area contributed by atoms with E-state index in [1.54, 1.807) is 17.7 Å². The molecule has 2 fully saturated rings. The average Bonchev–Trinajstić information content (AvgIpc) is 3.54. The van der Waals surface area contributed by atoms with Gasteiger partial charge in [-0.1, -0.05) is 0 Å². The molecule has 2 aliphatic rings. The second-order valence-electron chi connectivity index (χ2n) is 8.05. The van der Waals surface area contributed by atoms with E-state index < -0.39 is 11.7 Å². The molecule has 1 amide bonds. The Kier molecular flexibility index (Phi) is 4.93. The van der Waals surface area contributed by atoms with Crippen molar-refractivity contribution in [3.05, 3.63) is 35.4 Å². The number of pyridine rings is 1. The van der Waals surface area contributed by atoms with Crippen LogP contribution in [-0.2, 0) is 0 Å². The van der Waals surface area contributed by atoms with Gasteiger partial charge < -0.3 is 21.1 Å². The fourth-order valence-corrected chi connectivity index (χ4v) is 4.01. The fraction of sp³-hybridized carbons (Fsp3) is 0.429. The molecule has 0 radical (unpaired) electrons. The number of fused-ring (bicyclic) bond motifs is 1. The van der Waals surface area contributed by atoms with Crippen molar-refractivity contribution in [2.75, 3.05) is 25.5 Å². The van der Waals surface area contributed by atoms with Crippen LogP contribution in [0.5, 0.6) is 5.75 Å². The summed E-state index contributed by atoms with van der Waals surface area (Å²) in [4.78, 5) is 20.8. The standard InChI is InChI=1S/C21H24FN7O2/c1-31-16-8-17-25-10-15(29(17)28-18(16)11-4-5-11)19-14(22)7-13(20(23)30)21(27-19)26-12-3-2-6-24-9-12/h7-8,10-12,24H,2-6,9H2,1H3,(H2,23,30)(H,26,27)/t12-/m1/s1. The summed E-state index contributed by atoms with van der Waals surface area (Å²) in [7, 11) is 1.60. The summed E-state index contributed by atoms with van der Waals surface area (Å²) in [6.07, 6.45) is 5.53.